The molecule has 2 aliphatic rings. The van der Waals surface area contributed by atoms with Crippen molar-refractivity contribution in [3.05, 3.63) is 29.3 Å². The molecule has 2 aliphatic heterocycles. The van der Waals surface area contributed by atoms with Crippen LogP contribution in [0.3, 0.4) is 0 Å². The second-order valence-electron chi connectivity index (χ2n) is 6.57. The molecule has 2 N–H and O–H groups in total. The molecule has 6 nitrogen and oxygen atoms in total. The summed E-state index contributed by atoms with van der Waals surface area (Å²) in [6.07, 6.45) is 2.31. The Hall–Kier alpha value is -1.63. The first-order chi connectivity index (χ1) is 11.2. The summed E-state index contributed by atoms with van der Waals surface area (Å²) >= 11 is 0. The van der Waals surface area contributed by atoms with Crippen molar-refractivity contribution in [2.75, 3.05) is 51.2 Å². The van der Waals surface area contributed by atoms with E-state index in [2.05, 4.69) is 27.8 Å². The minimum Gasteiger partial charge on any atom is -0.371 e. The zero-order valence-corrected chi connectivity index (χ0v) is 13.8. The molecule has 1 aromatic rings. The lowest BCUT2D eigenvalue weighted by Crippen LogP contribution is -2.43. The molecule has 0 unspecified atom stereocenters. The third kappa shape index (κ3) is 3.83. The number of benzene rings is 1. The van der Waals surface area contributed by atoms with Gasteiger partial charge in [0.15, 0.2) is 0 Å². The summed E-state index contributed by atoms with van der Waals surface area (Å²) in [6, 6.07) is 6.07. The summed E-state index contributed by atoms with van der Waals surface area (Å²) in [5.41, 5.74) is 4.41. The molecule has 0 saturated carbocycles. The van der Waals surface area contributed by atoms with E-state index in [1.807, 2.05) is 12.1 Å². The van der Waals surface area contributed by atoms with E-state index in [9.17, 15) is 4.79 Å². The Morgan fingerprint density at radius 3 is 2.48 bits per heavy atom. The summed E-state index contributed by atoms with van der Waals surface area (Å²) in [5, 5.41) is 9.06. The maximum Gasteiger partial charge on any atom is 0.276 e. The quantitative estimate of drug-likeness (QED) is 0.644. The number of nitrogens with one attached hydrogen (secondary N) is 1. The van der Waals surface area contributed by atoms with Crippen LogP contribution in [0.4, 0.5) is 5.69 Å². The Kier molecular flexibility index (Phi) is 5.15. The number of hydroxylamine groups is 1. The normalized spacial score (nSPS) is 20.0. The van der Waals surface area contributed by atoms with Gasteiger partial charge in [-0.3, -0.25) is 14.9 Å². The van der Waals surface area contributed by atoms with Gasteiger partial charge in [-0.1, -0.05) is 6.07 Å². The number of likely N-dealkylation sites (N-methyl/N-ethyl adjacent to an activating group) is 1. The highest BCUT2D eigenvalue weighted by atomic mass is 16.5. The van der Waals surface area contributed by atoms with Crippen molar-refractivity contribution in [2.45, 2.75) is 19.4 Å². The molecular weight excluding hydrogens is 292 g/mol. The molecule has 126 valence electrons. The summed E-state index contributed by atoms with van der Waals surface area (Å²) in [7, 11) is 2.14. The van der Waals surface area contributed by atoms with Gasteiger partial charge in [-0.05, 0) is 37.6 Å². The minimum absolute atomic E-state index is 0.424. The highest BCUT2D eigenvalue weighted by Gasteiger charge is 2.21. The molecule has 2 saturated heterocycles. The number of nitrogens with zero attached hydrogens (tertiary/aromatic N) is 3. The molecule has 0 bridgehead atoms. The highest BCUT2D eigenvalue weighted by molar-refractivity contribution is 5.99. The van der Waals surface area contributed by atoms with Crippen LogP contribution in [0.1, 0.15) is 28.8 Å². The predicted molar refractivity (Wildman–Crippen MR) is 89.9 cm³/mol. The molecule has 1 amide bonds. The first kappa shape index (κ1) is 16.2. The zero-order valence-electron chi connectivity index (χ0n) is 13.8. The molecule has 1 aromatic carbocycles. The topological polar surface area (TPSA) is 59.0 Å². The van der Waals surface area contributed by atoms with Crippen LogP contribution >= 0.6 is 0 Å². The molecule has 6 heteroatoms. The standard InChI is InChI=1S/C17H26N4O2/c1-19-8-10-20(11-9-19)13-14-4-5-16(21-6-2-3-7-21)15(12-14)17(22)18-23/h4-5,12,23H,2-3,6-11,13H2,1H3,(H,18,22). The number of anilines is 1. The summed E-state index contributed by atoms with van der Waals surface area (Å²) < 4.78 is 0. The van der Waals surface area contributed by atoms with Gasteiger partial charge in [-0.2, -0.15) is 0 Å². The number of hydrogen-bond acceptors (Lipinski definition) is 5. The first-order valence-electron chi connectivity index (χ1n) is 8.40. The second-order valence-corrected chi connectivity index (χ2v) is 6.57. The third-order valence-electron chi connectivity index (χ3n) is 4.86. The molecule has 0 radical (unpaired) electrons. The monoisotopic (exact) mass is 318 g/mol. The first-order valence-corrected chi connectivity index (χ1v) is 8.40. The highest BCUT2D eigenvalue weighted by Crippen LogP contribution is 2.26. The molecule has 0 aromatic heterocycles. The van der Waals surface area contributed by atoms with Gasteiger partial charge in [0.05, 0.1) is 5.56 Å². The van der Waals surface area contributed by atoms with Gasteiger partial charge in [0.2, 0.25) is 0 Å². The van der Waals surface area contributed by atoms with E-state index in [1.54, 1.807) is 5.48 Å². The lowest BCUT2D eigenvalue weighted by molar-refractivity contribution is 0.0706. The van der Waals surface area contributed by atoms with Gasteiger partial charge in [0, 0.05) is 51.5 Å². The van der Waals surface area contributed by atoms with Crippen molar-refractivity contribution < 1.29 is 10.0 Å². The van der Waals surface area contributed by atoms with Crippen molar-refractivity contribution in [3.8, 4) is 0 Å². The fraction of sp³-hybridized carbons (Fsp3) is 0.588. The lowest BCUT2D eigenvalue weighted by Gasteiger charge is -2.32. The Morgan fingerprint density at radius 1 is 1.13 bits per heavy atom. The molecule has 23 heavy (non-hydrogen) atoms. The Bertz CT molecular complexity index is 550. The smallest absolute Gasteiger partial charge is 0.276 e. The zero-order chi connectivity index (χ0) is 16.2. The fourth-order valence-corrected chi connectivity index (χ4v) is 3.42. The largest absolute Gasteiger partial charge is 0.371 e. The number of amides is 1. The maximum absolute atomic E-state index is 12.1. The van der Waals surface area contributed by atoms with Crippen LogP contribution in [0.2, 0.25) is 0 Å². The average molecular weight is 318 g/mol. The second kappa shape index (κ2) is 7.29. The van der Waals surface area contributed by atoms with Crippen molar-refractivity contribution >= 4 is 11.6 Å². The number of carbonyl (C=O) groups is 1. The summed E-state index contributed by atoms with van der Waals surface area (Å²) in [6.45, 7) is 7.05. The third-order valence-corrected chi connectivity index (χ3v) is 4.86. The van der Waals surface area contributed by atoms with Gasteiger partial charge in [0.25, 0.3) is 5.91 Å². The Balaban J connectivity index is 1.77. The molecule has 0 aliphatic carbocycles. The van der Waals surface area contributed by atoms with Crippen LogP contribution in [-0.2, 0) is 6.54 Å². The SMILES string of the molecule is CN1CCN(Cc2ccc(N3CCCC3)c(C(=O)NO)c2)CC1. The molecular formula is C17H26N4O2. The number of rotatable bonds is 4. The molecule has 2 fully saturated rings. The Labute approximate surface area is 137 Å². The van der Waals surface area contributed by atoms with E-state index >= 15 is 0 Å². The van der Waals surface area contributed by atoms with E-state index in [4.69, 9.17) is 5.21 Å². The van der Waals surface area contributed by atoms with Gasteiger partial charge < -0.3 is 9.80 Å². The average Bonchev–Trinajstić information content (AvgIpc) is 3.10. The van der Waals surface area contributed by atoms with E-state index in [0.717, 1.165) is 69.9 Å². The minimum atomic E-state index is -0.424. The molecule has 2 heterocycles. The molecule has 0 spiro atoms. The van der Waals surface area contributed by atoms with Gasteiger partial charge in [-0.15, -0.1) is 0 Å². The van der Waals surface area contributed by atoms with Gasteiger partial charge >= 0.3 is 0 Å². The van der Waals surface area contributed by atoms with Gasteiger partial charge in [0.1, 0.15) is 0 Å². The van der Waals surface area contributed by atoms with Crippen molar-refractivity contribution in [1.82, 2.24) is 15.3 Å². The van der Waals surface area contributed by atoms with Crippen LogP contribution in [0, 0.1) is 0 Å². The van der Waals surface area contributed by atoms with Gasteiger partial charge in [-0.25, -0.2) is 5.48 Å². The van der Waals surface area contributed by atoms with Crippen LogP contribution < -0.4 is 10.4 Å². The molecule has 0 atom stereocenters. The van der Waals surface area contributed by atoms with E-state index < -0.39 is 5.91 Å². The summed E-state index contributed by atoms with van der Waals surface area (Å²) in [4.78, 5) is 19.0. The van der Waals surface area contributed by atoms with Crippen molar-refractivity contribution in [1.29, 1.82) is 0 Å². The van der Waals surface area contributed by atoms with Crippen molar-refractivity contribution in [2.24, 2.45) is 0 Å². The van der Waals surface area contributed by atoms with Crippen molar-refractivity contribution in [3.63, 3.8) is 0 Å². The van der Waals surface area contributed by atoms with E-state index in [-0.39, 0.29) is 0 Å². The summed E-state index contributed by atoms with van der Waals surface area (Å²) in [5.74, 6) is -0.424. The number of piperazine rings is 1. The van der Waals surface area contributed by atoms with Crippen LogP contribution in [0.5, 0.6) is 0 Å². The van der Waals surface area contributed by atoms with Crippen LogP contribution in [-0.4, -0.2) is 67.2 Å². The Morgan fingerprint density at radius 2 is 1.83 bits per heavy atom. The number of carbonyl (C=O) groups excluding carboxylic acids is 1. The predicted octanol–water partition coefficient (Wildman–Crippen LogP) is 1.15. The maximum atomic E-state index is 12.1. The number of hydrogen-bond donors (Lipinski definition) is 2. The van der Waals surface area contributed by atoms with E-state index in [0.29, 0.717) is 5.56 Å². The van der Waals surface area contributed by atoms with Crippen LogP contribution in [0.25, 0.3) is 0 Å². The van der Waals surface area contributed by atoms with E-state index in [1.165, 1.54) is 0 Å². The fourth-order valence-electron chi connectivity index (χ4n) is 3.42. The molecule has 3 rings (SSSR count). The lowest BCUT2D eigenvalue weighted by atomic mass is 10.1. The van der Waals surface area contributed by atoms with Crippen LogP contribution in [0.15, 0.2) is 18.2 Å².